The standard InChI is InChI=1S/C16H16N2O3S.ClH/c1-9-17-13(8-22-9)12-7-21-16-10(15(12)20)4-5-14(19)11(16)6-18(2)3;/h4-5,7-8,19H,6H2,1-3H3;1H. The Balaban J connectivity index is 0.00000192. The molecule has 0 aliphatic carbocycles. The molecule has 0 aliphatic heterocycles. The lowest BCUT2D eigenvalue weighted by molar-refractivity contribution is 0.384. The minimum absolute atomic E-state index is 0. The average molecular weight is 353 g/mol. The Morgan fingerprint density at radius 2 is 2.09 bits per heavy atom. The van der Waals surface area contributed by atoms with Gasteiger partial charge in [0.15, 0.2) is 0 Å². The summed E-state index contributed by atoms with van der Waals surface area (Å²) in [7, 11) is 3.78. The van der Waals surface area contributed by atoms with Gasteiger partial charge in [0, 0.05) is 11.9 Å². The maximum Gasteiger partial charge on any atom is 0.202 e. The number of benzene rings is 1. The molecule has 1 N–H and O–H groups in total. The smallest absolute Gasteiger partial charge is 0.202 e. The Hall–Kier alpha value is -1.89. The highest BCUT2D eigenvalue weighted by atomic mass is 35.5. The van der Waals surface area contributed by atoms with Crippen molar-refractivity contribution in [3.63, 3.8) is 0 Å². The van der Waals surface area contributed by atoms with Crippen LogP contribution in [0.4, 0.5) is 0 Å². The van der Waals surface area contributed by atoms with E-state index in [9.17, 15) is 9.90 Å². The van der Waals surface area contributed by atoms with Gasteiger partial charge in [0.25, 0.3) is 0 Å². The van der Waals surface area contributed by atoms with Crippen LogP contribution in [0.3, 0.4) is 0 Å². The number of thiazole rings is 1. The van der Waals surface area contributed by atoms with Crippen LogP contribution in [0.15, 0.2) is 33.0 Å². The van der Waals surface area contributed by atoms with Crippen molar-refractivity contribution in [2.75, 3.05) is 14.1 Å². The summed E-state index contributed by atoms with van der Waals surface area (Å²) < 4.78 is 5.68. The quantitative estimate of drug-likeness (QED) is 0.782. The summed E-state index contributed by atoms with van der Waals surface area (Å²) in [5.74, 6) is 0.126. The van der Waals surface area contributed by atoms with Crippen LogP contribution in [0.5, 0.6) is 5.75 Å². The van der Waals surface area contributed by atoms with Crippen molar-refractivity contribution in [2.24, 2.45) is 0 Å². The van der Waals surface area contributed by atoms with E-state index in [1.807, 2.05) is 31.3 Å². The first kappa shape index (κ1) is 17.5. The topological polar surface area (TPSA) is 66.6 Å². The molecule has 1 aromatic carbocycles. The molecular weight excluding hydrogens is 336 g/mol. The summed E-state index contributed by atoms with van der Waals surface area (Å²) >= 11 is 1.49. The molecule has 0 bridgehead atoms. The van der Waals surface area contributed by atoms with Crippen LogP contribution >= 0.6 is 23.7 Å². The van der Waals surface area contributed by atoms with E-state index in [-0.39, 0.29) is 23.6 Å². The molecule has 0 radical (unpaired) electrons. The molecule has 2 heterocycles. The van der Waals surface area contributed by atoms with E-state index in [0.717, 1.165) is 5.01 Å². The first-order valence-electron chi connectivity index (χ1n) is 6.81. The monoisotopic (exact) mass is 352 g/mol. The molecule has 0 atom stereocenters. The molecule has 0 unspecified atom stereocenters. The number of phenols is 1. The van der Waals surface area contributed by atoms with Crippen LogP contribution < -0.4 is 5.43 Å². The highest BCUT2D eigenvalue weighted by molar-refractivity contribution is 7.09. The number of rotatable bonds is 3. The maximum atomic E-state index is 12.7. The number of hydrogen-bond donors (Lipinski definition) is 1. The molecule has 2 aromatic heterocycles. The number of hydrogen-bond acceptors (Lipinski definition) is 6. The molecule has 23 heavy (non-hydrogen) atoms. The molecule has 0 aliphatic rings. The second-order valence-corrected chi connectivity index (χ2v) is 6.47. The van der Waals surface area contributed by atoms with Gasteiger partial charge in [0.2, 0.25) is 5.43 Å². The van der Waals surface area contributed by atoms with Gasteiger partial charge in [0.1, 0.15) is 17.6 Å². The summed E-state index contributed by atoms with van der Waals surface area (Å²) in [6.07, 6.45) is 1.43. The Kier molecular flexibility index (Phi) is 5.09. The van der Waals surface area contributed by atoms with Gasteiger partial charge in [-0.15, -0.1) is 23.7 Å². The third-order valence-corrected chi connectivity index (χ3v) is 4.16. The minimum Gasteiger partial charge on any atom is -0.507 e. The summed E-state index contributed by atoms with van der Waals surface area (Å²) in [6.45, 7) is 2.38. The average Bonchev–Trinajstić information content (AvgIpc) is 2.88. The summed E-state index contributed by atoms with van der Waals surface area (Å²) in [5, 5.41) is 13.2. The Labute approximate surface area is 143 Å². The largest absolute Gasteiger partial charge is 0.507 e. The Bertz CT molecular complexity index is 902. The van der Waals surface area contributed by atoms with Crippen molar-refractivity contribution >= 4 is 34.7 Å². The van der Waals surface area contributed by atoms with E-state index in [2.05, 4.69) is 4.98 Å². The van der Waals surface area contributed by atoms with Gasteiger partial charge in [-0.1, -0.05) is 0 Å². The zero-order valence-corrected chi connectivity index (χ0v) is 14.6. The van der Waals surface area contributed by atoms with Crippen molar-refractivity contribution < 1.29 is 9.52 Å². The first-order valence-corrected chi connectivity index (χ1v) is 7.69. The number of halogens is 1. The van der Waals surface area contributed by atoms with Gasteiger partial charge in [-0.3, -0.25) is 4.79 Å². The maximum absolute atomic E-state index is 12.7. The molecule has 0 saturated carbocycles. The molecule has 3 rings (SSSR count). The molecule has 3 aromatic rings. The second-order valence-electron chi connectivity index (χ2n) is 5.41. The summed E-state index contributed by atoms with van der Waals surface area (Å²) in [4.78, 5) is 18.9. The lowest BCUT2D eigenvalue weighted by atomic mass is 10.1. The summed E-state index contributed by atoms with van der Waals surface area (Å²) in [5.41, 5.74) is 1.97. The van der Waals surface area contributed by atoms with Crippen molar-refractivity contribution in [2.45, 2.75) is 13.5 Å². The van der Waals surface area contributed by atoms with Crippen LogP contribution in [-0.2, 0) is 6.54 Å². The SMILES string of the molecule is Cc1nc(-c2coc3c(CN(C)C)c(O)ccc3c2=O)cs1.Cl. The molecular formula is C16H17ClN2O3S. The lowest BCUT2D eigenvalue weighted by Crippen LogP contribution is -2.12. The van der Waals surface area contributed by atoms with Crippen molar-refractivity contribution in [3.05, 3.63) is 44.6 Å². The third-order valence-electron chi connectivity index (χ3n) is 3.39. The van der Waals surface area contributed by atoms with Crippen LogP contribution in [0, 0.1) is 6.92 Å². The number of aromatic nitrogens is 1. The number of fused-ring (bicyclic) bond motifs is 1. The third kappa shape index (κ3) is 3.24. The van der Waals surface area contributed by atoms with Crippen LogP contribution in [0.25, 0.3) is 22.2 Å². The van der Waals surface area contributed by atoms with Gasteiger partial charge in [-0.25, -0.2) is 4.98 Å². The van der Waals surface area contributed by atoms with Crippen LogP contribution in [-0.4, -0.2) is 29.1 Å². The van der Waals surface area contributed by atoms with Crippen molar-refractivity contribution in [1.82, 2.24) is 9.88 Å². The van der Waals surface area contributed by atoms with E-state index >= 15 is 0 Å². The van der Waals surface area contributed by atoms with Gasteiger partial charge >= 0.3 is 0 Å². The van der Waals surface area contributed by atoms with E-state index in [1.54, 1.807) is 6.07 Å². The van der Waals surface area contributed by atoms with Crippen molar-refractivity contribution in [1.29, 1.82) is 0 Å². The van der Waals surface area contributed by atoms with Crippen LogP contribution in [0.1, 0.15) is 10.6 Å². The summed E-state index contributed by atoms with van der Waals surface area (Å²) in [6, 6.07) is 3.13. The van der Waals surface area contributed by atoms with E-state index < -0.39 is 0 Å². The minimum atomic E-state index is -0.133. The molecule has 0 amide bonds. The molecule has 7 heteroatoms. The Morgan fingerprint density at radius 3 is 2.70 bits per heavy atom. The number of phenolic OH excluding ortho intramolecular Hbond substituents is 1. The highest BCUT2D eigenvalue weighted by Crippen LogP contribution is 2.28. The zero-order valence-electron chi connectivity index (χ0n) is 13.0. The number of aryl methyl sites for hydroxylation is 1. The molecule has 5 nitrogen and oxygen atoms in total. The van der Waals surface area contributed by atoms with Gasteiger partial charge in [0.05, 0.1) is 27.2 Å². The van der Waals surface area contributed by atoms with E-state index in [1.165, 1.54) is 23.7 Å². The molecule has 0 saturated heterocycles. The zero-order chi connectivity index (χ0) is 15.9. The fourth-order valence-corrected chi connectivity index (χ4v) is 2.99. The predicted octanol–water partition coefficient (Wildman–Crippen LogP) is 3.41. The Morgan fingerprint density at radius 1 is 1.35 bits per heavy atom. The van der Waals surface area contributed by atoms with Crippen LogP contribution in [0.2, 0.25) is 0 Å². The molecule has 0 fully saturated rings. The predicted molar refractivity (Wildman–Crippen MR) is 94.6 cm³/mol. The second kappa shape index (κ2) is 6.70. The van der Waals surface area contributed by atoms with E-state index in [4.69, 9.17) is 4.42 Å². The van der Waals surface area contributed by atoms with Gasteiger partial charge < -0.3 is 14.4 Å². The fourth-order valence-electron chi connectivity index (χ4n) is 2.38. The number of nitrogens with zero attached hydrogens (tertiary/aromatic N) is 2. The highest BCUT2D eigenvalue weighted by Gasteiger charge is 2.16. The molecule has 0 spiro atoms. The van der Waals surface area contributed by atoms with E-state index in [0.29, 0.717) is 34.3 Å². The van der Waals surface area contributed by atoms with Gasteiger partial charge in [-0.05, 0) is 33.2 Å². The normalized spacial score (nSPS) is 11.0. The first-order chi connectivity index (χ1) is 10.5. The lowest BCUT2D eigenvalue weighted by Gasteiger charge is -2.13. The van der Waals surface area contributed by atoms with Crippen molar-refractivity contribution in [3.8, 4) is 17.0 Å². The molecule has 122 valence electrons. The van der Waals surface area contributed by atoms with Gasteiger partial charge in [-0.2, -0.15) is 0 Å². The number of aromatic hydroxyl groups is 1. The fraction of sp³-hybridized carbons (Fsp3) is 0.250.